The Morgan fingerprint density at radius 1 is 1.24 bits per heavy atom. The number of hydrogen-bond donors (Lipinski definition) is 2. The lowest BCUT2D eigenvalue weighted by Crippen LogP contribution is -2.15. The average Bonchev–Trinajstić information content (AvgIpc) is 2.37. The van der Waals surface area contributed by atoms with Gasteiger partial charge in [-0.1, -0.05) is 18.2 Å². The van der Waals surface area contributed by atoms with Crippen molar-refractivity contribution in [2.75, 3.05) is 11.9 Å². The van der Waals surface area contributed by atoms with E-state index in [-0.39, 0.29) is 12.6 Å². The van der Waals surface area contributed by atoms with Gasteiger partial charge in [0.05, 0.1) is 12.6 Å². The Morgan fingerprint density at radius 2 is 2.00 bits per heavy atom. The van der Waals surface area contributed by atoms with Crippen LogP contribution in [-0.4, -0.2) is 16.7 Å². The van der Waals surface area contributed by atoms with Crippen molar-refractivity contribution >= 4 is 21.6 Å². The van der Waals surface area contributed by atoms with E-state index in [0.29, 0.717) is 0 Å². The second-order valence-corrected chi connectivity index (χ2v) is 4.60. The highest BCUT2D eigenvalue weighted by Gasteiger charge is 2.10. The molecule has 1 unspecified atom stereocenters. The van der Waals surface area contributed by atoms with E-state index < -0.39 is 0 Å². The summed E-state index contributed by atoms with van der Waals surface area (Å²) in [5.41, 5.74) is 1.93. The fraction of sp³-hybridized carbons (Fsp3) is 0.154. The molecule has 0 saturated heterocycles. The molecule has 2 aromatic rings. The third-order valence-corrected chi connectivity index (χ3v) is 2.86. The van der Waals surface area contributed by atoms with Crippen LogP contribution in [0.15, 0.2) is 53.3 Å². The van der Waals surface area contributed by atoms with Gasteiger partial charge in [0.1, 0.15) is 0 Å². The maximum atomic E-state index is 9.43. The van der Waals surface area contributed by atoms with Gasteiger partial charge in [-0.05, 0) is 39.7 Å². The molecule has 0 aliphatic carbocycles. The van der Waals surface area contributed by atoms with Gasteiger partial charge in [-0.3, -0.25) is 4.98 Å². The molecule has 1 aromatic heterocycles. The number of aliphatic hydroxyl groups excluding tert-OH is 1. The van der Waals surface area contributed by atoms with Crippen LogP contribution in [0.2, 0.25) is 0 Å². The third-order valence-electron chi connectivity index (χ3n) is 2.43. The van der Waals surface area contributed by atoms with Crippen molar-refractivity contribution in [3.8, 4) is 0 Å². The summed E-state index contributed by atoms with van der Waals surface area (Å²) < 4.78 is 0.906. The van der Waals surface area contributed by atoms with Gasteiger partial charge in [0.15, 0.2) is 0 Å². The first-order valence-corrected chi connectivity index (χ1v) is 6.12. The monoisotopic (exact) mass is 292 g/mol. The zero-order valence-electron chi connectivity index (χ0n) is 9.18. The van der Waals surface area contributed by atoms with Crippen LogP contribution in [0.5, 0.6) is 0 Å². The number of anilines is 1. The summed E-state index contributed by atoms with van der Waals surface area (Å²) in [5, 5.41) is 12.7. The molecule has 0 spiro atoms. The molecule has 0 aliphatic heterocycles. The minimum absolute atomic E-state index is 0.0209. The number of nitrogens with one attached hydrogen (secondary N) is 1. The van der Waals surface area contributed by atoms with Crippen LogP contribution in [0.4, 0.5) is 5.69 Å². The number of benzene rings is 1. The van der Waals surface area contributed by atoms with Gasteiger partial charge in [0.25, 0.3) is 0 Å². The number of aliphatic hydroxyl groups is 1. The molecule has 1 heterocycles. The SMILES string of the molecule is OCC(Nc1ccccc1)c1cncc(Br)c1. The van der Waals surface area contributed by atoms with Crippen molar-refractivity contribution in [3.05, 3.63) is 58.8 Å². The van der Waals surface area contributed by atoms with Crippen molar-refractivity contribution in [2.45, 2.75) is 6.04 Å². The molecular weight excluding hydrogens is 280 g/mol. The molecular formula is C13H13BrN2O. The van der Waals surface area contributed by atoms with Gasteiger partial charge in [-0.25, -0.2) is 0 Å². The topological polar surface area (TPSA) is 45.1 Å². The number of pyridine rings is 1. The minimum atomic E-state index is -0.151. The number of rotatable bonds is 4. The molecule has 0 bridgehead atoms. The Morgan fingerprint density at radius 3 is 2.65 bits per heavy atom. The van der Waals surface area contributed by atoms with E-state index in [2.05, 4.69) is 26.2 Å². The van der Waals surface area contributed by atoms with E-state index in [9.17, 15) is 5.11 Å². The maximum absolute atomic E-state index is 9.43. The van der Waals surface area contributed by atoms with Gasteiger partial charge < -0.3 is 10.4 Å². The van der Waals surface area contributed by atoms with Crippen LogP contribution in [0.25, 0.3) is 0 Å². The van der Waals surface area contributed by atoms with Gasteiger partial charge in [-0.15, -0.1) is 0 Å². The Bertz CT molecular complexity index is 476. The van der Waals surface area contributed by atoms with Crippen molar-refractivity contribution in [2.24, 2.45) is 0 Å². The molecule has 0 saturated carbocycles. The Hall–Kier alpha value is -1.39. The van der Waals surface area contributed by atoms with Crippen LogP contribution in [-0.2, 0) is 0 Å². The summed E-state index contributed by atoms with van der Waals surface area (Å²) in [4.78, 5) is 4.10. The van der Waals surface area contributed by atoms with Crippen LogP contribution in [0, 0.1) is 0 Å². The van der Waals surface area contributed by atoms with Gasteiger partial charge >= 0.3 is 0 Å². The first-order valence-electron chi connectivity index (χ1n) is 5.32. The average molecular weight is 293 g/mol. The summed E-state index contributed by atoms with van der Waals surface area (Å²) in [6.45, 7) is 0.0209. The highest BCUT2D eigenvalue weighted by Crippen LogP contribution is 2.20. The summed E-state index contributed by atoms with van der Waals surface area (Å²) in [7, 11) is 0. The molecule has 0 aliphatic rings. The number of nitrogens with zero attached hydrogens (tertiary/aromatic N) is 1. The second-order valence-electron chi connectivity index (χ2n) is 3.68. The van der Waals surface area contributed by atoms with Crippen LogP contribution >= 0.6 is 15.9 Å². The summed E-state index contributed by atoms with van der Waals surface area (Å²) in [5.74, 6) is 0. The molecule has 88 valence electrons. The van der Waals surface area contributed by atoms with Crippen LogP contribution in [0.1, 0.15) is 11.6 Å². The number of halogens is 1. The van der Waals surface area contributed by atoms with E-state index in [1.54, 1.807) is 12.4 Å². The fourth-order valence-electron chi connectivity index (χ4n) is 1.59. The summed E-state index contributed by atoms with van der Waals surface area (Å²) >= 11 is 3.37. The van der Waals surface area contributed by atoms with E-state index in [0.717, 1.165) is 15.7 Å². The van der Waals surface area contributed by atoms with E-state index in [1.165, 1.54) is 0 Å². The Labute approximate surface area is 109 Å². The van der Waals surface area contributed by atoms with Gasteiger partial charge in [0, 0.05) is 22.6 Å². The predicted octanol–water partition coefficient (Wildman–Crippen LogP) is 2.99. The lowest BCUT2D eigenvalue weighted by atomic mass is 10.1. The molecule has 2 rings (SSSR count). The van der Waals surface area contributed by atoms with Crippen LogP contribution in [0.3, 0.4) is 0 Å². The highest BCUT2D eigenvalue weighted by molar-refractivity contribution is 9.10. The first kappa shape index (κ1) is 12.1. The first-order chi connectivity index (χ1) is 8.29. The van der Waals surface area contributed by atoms with Crippen molar-refractivity contribution in [1.29, 1.82) is 0 Å². The lowest BCUT2D eigenvalue weighted by molar-refractivity contribution is 0.276. The number of aromatic nitrogens is 1. The standard InChI is InChI=1S/C13H13BrN2O/c14-11-6-10(7-15-8-11)13(9-17)16-12-4-2-1-3-5-12/h1-8,13,16-17H,9H2. The van der Waals surface area contributed by atoms with Crippen molar-refractivity contribution < 1.29 is 5.11 Å². The molecule has 2 N–H and O–H groups in total. The van der Waals surface area contributed by atoms with E-state index in [1.807, 2.05) is 36.4 Å². The minimum Gasteiger partial charge on any atom is -0.394 e. The fourth-order valence-corrected chi connectivity index (χ4v) is 1.97. The molecule has 0 radical (unpaired) electrons. The lowest BCUT2D eigenvalue weighted by Gasteiger charge is -2.17. The third kappa shape index (κ3) is 3.28. The summed E-state index contributed by atoms with van der Waals surface area (Å²) in [6.07, 6.45) is 3.47. The quantitative estimate of drug-likeness (QED) is 0.911. The van der Waals surface area contributed by atoms with Crippen LogP contribution < -0.4 is 5.32 Å². The Balaban J connectivity index is 2.17. The molecule has 1 aromatic carbocycles. The maximum Gasteiger partial charge on any atom is 0.0760 e. The zero-order chi connectivity index (χ0) is 12.1. The molecule has 1 atom stereocenters. The summed E-state index contributed by atoms with van der Waals surface area (Å²) in [6, 6.07) is 11.6. The molecule has 0 amide bonds. The highest BCUT2D eigenvalue weighted by atomic mass is 79.9. The van der Waals surface area contributed by atoms with E-state index in [4.69, 9.17) is 0 Å². The number of para-hydroxylation sites is 1. The van der Waals surface area contributed by atoms with Crippen molar-refractivity contribution in [1.82, 2.24) is 4.98 Å². The van der Waals surface area contributed by atoms with Gasteiger partial charge in [0.2, 0.25) is 0 Å². The Kier molecular flexibility index (Phi) is 4.12. The molecule has 4 heteroatoms. The van der Waals surface area contributed by atoms with Gasteiger partial charge in [-0.2, -0.15) is 0 Å². The predicted molar refractivity (Wildman–Crippen MR) is 71.8 cm³/mol. The molecule has 3 nitrogen and oxygen atoms in total. The van der Waals surface area contributed by atoms with E-state index >= 15 is 0 Å². The second kappa shape index (κ2) is 5.80. The number of hydrogen-bond acceptors (Lipinski definition) is 3. The van der Waals surface area contributed by atoms with Crippen molar-refractivity contribution in [3.63, 3.8) is 0 Å². The smallest absolute Gasteiger partial charge is 0.0760 e. The molecule has 17 heavy (non-hydrogen) atoms. The largest absolute Gasteiger partial charge is 0.394 e. The normalized spacial score (nSPS) is 12.1. The zero-order valence-corrected chi connectivity index (χ0v) is 10.8. The molecule has 0 fully saturated rings.